The van der Waals surface area contributed by atoms with Crippen molar-refractivity contribution < 1.29 is 14.7 Å². The minimum absolute atomic E-state index is 0.169. The lowest BCUT2D eigenvalue weighted by atomic mass is 10.1. The zero-order valence-corrected chi connectivity index (χ0v) is 10.7. The van der Waals surface area contributed by atoms with Gasteiger partial charge in [-0.25, -0.2) is 9.78 Å². The van der Waals surface area contributed by atoms with E-state index in [1.165, 1.54) is 12.5 Å². The molecule has 2 heterocycles. The fourth-order valence-corrected chi connectivity index (χ4v) is 1.73. The van der Waals surface area contributed by atoms with Crippen LogP contribution < -0.4 is 5.32 Å². The third kappa shape index (κ3) is 3.94. The Labute approximate surface area is 114 Å². The molecule has 0 fully saturated rings. The molecule has 20 heavy (non-hydrogen) atoms. The number of imidazole rings is 1. The molecule has 0 saturated carbocycles. The van der Waals surface area contributed by atoms with Crippen LogP contribution in [0.15, 0.2) is 31.0 Å². The van der Waals surface area contributed by atoms with Crippen LogP contribution in [0.25, 0.3) is 0 Å². The van der Waals surface area contributed by atoms with Crippen molar-refractivity contribution in [1.29, 1.82) is 0 Å². The van der Waals surface area contributed by atoms with Crippen molar-refractivity contribution >= 4 is 11.9 Å². The average molecular weight is 277 g/mol. The molecule has 0 unspecified atom stereocenters. The molecule has 0 aliphatic carbocycles. The first-order chi connectivity index (χ1) is 9.65. The average Bonchev–Trinajstić information content (AvgIpc) is 3.08. The van der Waals surface area contributed by atoms with Gasteiger partial charge in [-0.2, -0.15) is 5.10 Å². The molecule has 1 amide bonds. The second-order valence-electron chi connectivity index (χ2n) is 4.26. The standard InChI is InChI=1S/C12H15N5O3/c18-11(2-5-17-4-1-3-15-17)16-10(12(19)20)6-9-7-13-8-14-9/h1,3-4,7-8,10H,2,5-6H2,(H,13,14)(H,16,18)(H,19,20)/t10-/m1/s1. The Hall–Kier alpha value is -2.64. The maximum absolute atomic E-state index is 11.7. The van der Waals surface area contributed by atoms with Crippen LogP contribution in [0, 0.1) is 0 Å². The number of aliphatic carboxylic acids is 1. The predicted molar refractivity (Wildman–Crippen MR) is 68.7 cm³/mol. The first kappa shape index (κ1) is 13.8. The van der Waals surface area contributed by atoms with Crippen molar-refractivity contribution in [2.75, 3.05) is 0 Å². The summed E-state index contributed by atoms with van der Waals surface area (Å²) < 4.78 is 1.62. The summed E-state index contributed by atoms with van der Waals surface area (Å²) in [7, 11) is 0. The molecule has 3 N–H and O–H groups in total. The monoisotopic (exact) mass is 277 g/mol. The maximum Gasteiger partial charge on any atom is 0.326 e. The fourth-order valence-electron chi connectivity index (χ4n) is 1.73. The second kappa shape index (κ2) is 6.50. The van der Waals surface area contributed by atoms with Crippen molar-refractivity contribution in [3.05, 3.63) is 36.7 Å². The van der Waals surface area contributed by atoms with Crippen LogP contribution in [0.4, 0.5) is 0 Å². The van der Waals surface area contributed by atoms with E-state index in [9.17, 15) is 9.59 Å². The van der Waals surface area contributed by atoms with Crippen LogP contribution in [-0.2, 0) is 22.6 Å². The highest BCUT2D eigenvalue weighted by Gasteiger charge is 2.20. The first-order valence-corrected chi connectivity index (χ1v) is 6.12. The number of rotatable bonds is 7. The molecule has 106 valence electrons. The van der Waals surface area contributed by atoms with E-state index in [1.54, 1.807) is 23.1 Å². The van der Waals surface area contributed by atoms with Crippen LogP contribution in [0.2, 0.25) is 0 Å². The first-order valence-electron chi connectivity index (χ1n) is 6.12. The molecule has 8 heteroatoms. The molecule has 1 atom stereocenters. The number of carbonyl (C=O) groups is 2. The number of aryl methyl sites for hydroxylation is 1. The zero-order valence-electron chi connectivity index (χ0n) is 10.7. The summed E-state index contributed by atoms with van der Waals surface area (Å²) >= 11 is 0. The highest BCUT2D eigenvalue weighted by atomic mass is 16.4. The molecule has 8 nitrogen and oxygen atoms in total. The maximum atomic E-state index is 11.7. The van der Waals surface area contributed by atoms with E-state index >= 15 is 0 Å². The minimum Gasteiger partial charge on any atom is -0.480 e. The Kier molecular flexibility index (Phi) is 4.48. The van der Waals surface area contributed by atoms with Crippen molar-refractivity contribution in [3.8, 4) is 0 Å². The molecule has 2 rings (SSSR count). The Morgan fingerprint density at radius 3 is 2.95 bits per heavy atom. The van der Waals surface area contributed by atoms with Gasteiger partial charge < -0.3 is 15.4 Å². The summed E-state index contributed by atoms with van der Waals surface area (Å²) in [5, 5.41) is 15.6. The van der Waals surface area contributed by atoms with Crippen LogP contribution in [-0.4, -0.2) is 42.8 Å². The van der Waals surface area contributed by atoms with Gasteiger partial charge in [0.15, 0.2) is 0 Å². The number of hydrogen-bond donors (Lipinski definition) is 3. The van der Waals surface area contributed by atoms with E-state index in [4.69, 9.17) is 5.11 Å². The number of carbonyl (C=O) groups excluding carboxylic acids is 1. The quantitative estimate of drug-likeness (QED) is 0.649. The van der Waals surface area contributed by atoms with E-state index in [-0.39, 0.29) is 18.7 Å². The molecule has 0 spiro atoms. The summed E-state index contributed by atoms with van der Waals surface area (Å²) in [5.74, 6) is -1.40. The number of amides is 1. The number of nitrogens with one attached hydrogen (secondary N) is 2. The lowest BCUT2D eigenvalue weighted by Gasteiger charge is -2.13. The molecule has 2 aromatic heterocycles. The van der Waals surface area contributed by atoms with Gasteiger partial charge in [-0.3, -0.25) is 9.48 Å². The molecule has 0 aliphatic rings. The van der Waals surface area contributed by atoms with E-state index in [0.29, 0.717) is 12.2 Å². The van der Waals surface area contributed by atoms with E-state index in [0.717, 1.165) is 0 Å². The second-order valence-corrected chi connectivity index (χ2v) is 4.26. The van der Waals surface area contributed by atoms with Gasteiger partial charge in [0, 0.05) is 43.7 Å². The number of hydrogen-bond acceptors (Lipinski definition) is 4. The smallest absolute Gasteiger partial charge is 0.326 e. The van der Waals surface area contributed by atoms with Gasteiger partial charge in [0.1, 0.15) is 6.04 Å². The van der Waals surface area contributed by atoms with Crippen molar-refractivity contribution in [2.24, 2.45) is 0 Å². The highest BCUT2D eigenvalue weighted by molar-refractivity contribution is 5.83. The van der Waals surface area contributed by atoms with E-state index < -0.39 is 12.0 Å². The van der Waals surface area contributed by atoms with Gasteiger partial charge in [-0.1, -0.05) is 0 Å². The van der Waals surface area contributed by atoms with Gasteiger partial charge in [0.05, 0.1) is 6.33 Å². The largest absolute Gasteiger partial charge is 0.480 e. The minimum atomic E-state index is -1.08. The Balaban J connectivity index is 1.84. The van der Waals surface area contributed by atoms with E-state index in [2.05, 4.69) is 20.4 Å². The van der Waals surface area contributed by atoms with Crippen molar-refractivity contribution in [2.45, 2.75) is 25.4 Å². The lowest BCUT2D eigenvalue weighted by Crippen LogP contribution is -2.42. The van der Waals surface area contributed by atoms with Gasteiger partial charge in [-0.05, 0) is 6.07 Å². The van der Waals surface area contributed by atoms with Crippen molar-refractivity contribution in [1.82, 2.24) is 25.1 Å². The van der Waals surface area contributed by atoms with Crippen LogP contribution >= 0.6 is 0 Å². The van der Waals surface area contributed by atoms with Gasteiger partial charge in [0.25, 0.3) is 0 Å². The predicted octanol–water partition coefficient (Wildman–Crippen LogP) is -0.192. The number of nitrogens with zero attached hydrogens (tertiary/aromatic N) is 3. The van der Waals surface area contributed by atoms with Gasteiger partial charge in [0.2, 0.25) is 5.91 Å². The summed E-state index contributed by atoms with van der Waals surface area (Å²) in [5.41, 5.74) is 0.657. The van der Waals surface area contributed by atoms with Crippen molar-refractivity contribution in [3.63, 3.8) is 0 Å². The molecular weight excluding hydrogens is 262 g/mol. The van der Waals surface area contributed by atoms with Crippen LogP contribution in [0.3, 0.4) is 0 Å². The molecule has 2 aromatic rings. The summed E-state index contributed by atoms with van der Waals surface area (Å²) in [6, 6.07) is 0.788. The topological polar surface area (TPSA) is 113 Å². The van der Waals surface area contributed by atoms with Crippen LogP contribution in [0.5, 0.6) is 0 Å². The lowest BCUT2D eigenvalue weighted by molar-refractivity contribution is -0.141. The summed E-state index contributed by atoms with van der Waals surface area (Å²) in [6.07, 6.45) is 6.71. The third-order valence-electron chi connectivity index (χ3n) is 2.74. The zero-order chi connectivity index (χ0) is 14.4. The molecule has 0 radical (unpaired) electrons. The normalized spacial score (nSPS) is 12.0. The molecule has 0 saturated heterocycles. The van der Waals surface area contributed by atoms with Gasteiger partial charge >= 0.3 is 5.97 Å². The summed E-state index contributed by atoms with van der Waals surface area (Å²) in [6.45, 7) is 0.412. The molecule has 0 aliphatic heterocycles. The van der Waals surface area contributed by atoms with Gasteiger partial charge in [-0.15, -0.1) is 0 Å². The number of aromatic amines is 1. The Bertz CT molecular complexity index is 550. The number of aromatic nitrogens is 4. The number of H-pyrrole nitrogens is 1. The Morgan fingerprint density at radius 1 is 1.50 bits per heavy atom. The fraction of sp³-hybridized carbons (Fsp3) is 0.333. The third-order valence-corrected chi connectivity index (χ3v) is 2.74. The molecular formula is C12H15N5O3. The SMILES string of the molecule is O=C(CCn1cccn1)N[C@H](Cc1cnc[nH]1)C(=O)O. The molecule has 0 aromatic carbocycles. The Morgan fingerprint density at radius 2 is 2.35 bits per heavy atom. The number of carboxylic acid groups (broad SMARTS) is 1. The molecule has 0 bridgehead atoms. The number of carboxylic acids is 1. The van der Waals surface area contributed by atoms with Crippen LogP contribution in [0.1, 0.15) is 12.1 Å². The summed E-state index contributed by atoms with van der Waals surface area (Å²) in [4.78, 5) is 29.5. The highest BCUT2D eigenvalue weighted by Crippen LogP contribution is 2.00. The van der Waals surface area contributed by atoms with E-state index in [1.807, 2.05) is 0 Å².